The van der Waals surface area contributed by atoms with Crippen LogP contribution in [0, 0.1) is 0 Å². The molecule has 0 N–H and O–H groups in total. The molecule has 0 unspecified atom stereocenters. The fourth-order valence-electron chi connectivity index (χ4n) is 0.364. The molecule has 0 rings (SSSR count). The van der Waals surface area contributed by atoms with Gasteiger partial charge in [-0.2, -0.15) is 21.6 Å². The molecule has 0 bridgehead atoms. The van der Waals surface area contributed by atoms with E-state index in [9.17, 15) is 21.6 Å². The molecular weight excluding hydrogens is 209 g/mol. The Morgan fingerprint density at radius 2 is 1.69 bits per heavy atom. The molecular formula is C6H9F3O3S. The van der Waals surface area contributed by atoms with Crippen LogP contribution >= 0.6 is 0 Å². The van der Waals surface area contributed by atoms with Gasteiger partial charge in [-0.05, 0) is 13.8 Å². The van der Waals surface area contributed by atoms with Crippen molar-refractivity contribution in [2.24, 2.45) is 0 Å². The molecule has 13 heavy (non-hydrogen) atoms. The smallest absolute Gasteiger partial charge is 0.253 e. The van der Waals surface area contributed by atoms with E-state index in [1.807, 2.05) is 0 Å². The first-order valence-corrected chi connectivity index (χ1v) is 4.58. The second-order valence-electron chi connectivity index (χ2n) is 2.79. The summed E-state index contributed by atoms with van der Waals surface area (Å²) in [6.07, 6.45) is 0.969. The maximum absolute atomic E-state index is 11.8. The van der Waals surface area contributed by atoms with E-state index in [0.717, 1.165) is 19.9 Å². The van der Waals surface area contributed by atoms with Gasteiger partial charge in [-0.1, -0.05) is 6.08 Å². The Hall–Kier alpha value is -0.560. The fourth-order valence-corrected chi connectivity index (χ4v) is 1.09. The Labute approximate surface area is 74.3 Å². The van der Waals surface area contributed by atoms with Crippen LogP contribution < -0.4 is 0 Å². The minimum Gasteiger partial charge on any atom is -0.253 e. The molecule has 0 heterocycles. The van der Waals surface area contributed by atoms with E-state index in [1.54, 1.807) is 0 Å². The molecule has 0 spiro atoms. The van der Waals surface area contributed by atoms with Crippen molar-refractivity contribution in [2.75, 3.05) is 0 Å². The number of hydrogen-bond acceptors (Lipinski definition) is 3. The average Bonchev–Trinajstić information content (AvgIpc) is 1.83. The molecule has 0 aromatic rings. The first-order chi connectivity index (χ1) is 5.52. The van der Waals surface area contributed by atoms with Crippen molar-refractivity contribution in [3.63, 3.8) is 0 Å². The molecule has 0 radical (unpaired) electrons. The highest BCUT2D eigenvalue weighted by Gasteiger charge is 2.49. The van der Waals surface area contributed by atoms with Gasteiger partial charge in [-0.3, -0.25) is 4.18 Å². The van der Waals surface area contributed by atoms with Gasteiger partial charge >= 0.3 is 15.6 Å². The first kappa shape index (κ1) is 12.4. The van der Waals surface area contributed by atoms with Gasteiger partial charge in [0.2, 0.25) is 0 Å². The van der Waals surface area contributed by atoms with Crippen molar-refractivity contribution in [3.8, 4) is 0 Å². The third-order valence-electron chi connectivity index (χ3n) is 1.10. The summed E-state index contributed by atoms with van der Waals surface area (Å²) in [5.74, 6) is 0. The minimum absolute atomic E-state index is 0.969. The molecule has 3 nitrogen and oxygen atoms in total. The summed E-state index contributed by atoms with van der Waals surface area (Å²) < 4.78 is 60.0. The predicted octanol–water partition coefficient (Wildman–Crippen LogP) is 1.82. The van der Waals surface area contributed by atoms with E-state index in [2.05, 4.69) is 10.8 Å². The van der Waals surface area contributed by atoms with E-state index in [0.29, 0.717) is 0 Å². The van der Waals surface area contributed by atoms with E-state index >= 15 is 0 Å². The SMILES string of the molecule is C=CC(C)(C)OS(=O)(=O)C(F)(F)F. The maximum Gasteiger partial charge on any atom is 0.523 e. The molecule has 0 aliphatic rings. The largest absolute Gasteiger partial charge is 0.523 e. The normalized spacial score (nSPS) is 14.2. The quantitative estimate of drug-likeness (QED) is 0.412. The van der Waals surface area contributed by atoms with Gasteiger partial charge in [-0.15, -0.1) is 6.58 Å². The highest BCUT2D eigenvalue weighted by Crippen LogP contribution is 2.28. The zero-order valence-corrected chi connectivity index (χ0v) is 7.87. The van der Waals surface area contributed by atoms with Crippen LogP contribution in [-0.2, 0) is 14.3 Å². The lowest BCUT2D eigenvalue weighted by Gasteiger charge is -2.20. The Morgan fingerprint density at radius 1 is 1.31 bits per heavy atom. The van der Waals surface area contributed by atoms with E-state index < -0.39 is 21.2 Å². The highest BCUT2D eigenvalue weighted by atomic mass is 32.2. The molecule has 0 saturated carbocycles. The highest BCUT2D eigenvalue weighted by molar-refractivity contribution is 7.87. The molecule has 78 valence electrons. The van der Waals surface area contributed by atoms with Crippen molar-refractivity contribution in [1.82, 2.24) is 0 Å². The molecule has 7 heteroatoms. The summed E-state index contributed by atoms with van der Waals surface area (Å²) in [7, 11) is -5.54. The van der Waals surface area contributed by atoms with E-state index in [-0.39, 0.29) is 0 Å². The monoisotopic (exact) mass is 218 g/mol. The van der Waals surface area contributed by atoms with Crippen LogP contribution in [-0.4, -0.2) is 19.5 Å². The van der Waals surface area contributed by atoms with Crippen molar-refractivity contribution in [3.05, 3.63) is 12.7 Å². The fraction of sp³-hybridized carbons (Fsp3) is 0.667. The van der Waals surface area contributed by atoms with E-state index in [1.165, 1.54) is 0 Å². The molecule has 0 aliphatic carbocycles. The number of halogens is 3. The second-order valence-corrected chi connectivity index (χ2v) is 4.33. The van der Waals surface area contributed by atoms with Gasteiger partial charge in [0, 0.05) is 0 Å². The van der Waals surface area contributed by atoms with Gasteiger partial charge in [-0.25, -0.2) is 0 Å². The minimum atomic E-state index is -5.54. The number of rotatable bonds is 3. The molecule has 0 aromatic carbocycles. The Kier molecular flexibility index (Phi) is 3.16. The predicted molar refractivity (Wildman–Crippen MR) is 40.3 cm³/mol. The second kappa shape index (κ2) is 3.30. The standard InChI is InChI=1S/C6H9F3O3S/c1-4-5(2,3)12-13(10,11)6(7,8)9/h4H,1H2,2-3H3. The lowest BCUT2D eigenvalue weighted by atomic mass is 10.1. The van der Waals surface area contributed by atoms with Crippen molar-refractivity contribution in [1.29, 1.82) is 0 Å². The summed E-state index contributed by atoms with van der Waals surface area (Å²) in [4.78, 5) is 0. The summed E-state index contributed by atoms with van der Waals surface area (Å²) in [6, 6.07) is 0. The van der Waals surface area contributed by atoms with Crippen LogP contribution in [0.15, 0.2) is 12.7 Å². The first-order valence-electron chi connectivity index (χ1n) is 3.17. The zero-order chi connectivity index (χ0) is 10.9. The van der Waals surface area contributed by atoms with Gasteiger partial charge < -0.3 is 0 Å². The van der Waals surface area contributed by atoms with Crippen LogP contribution in [0.2, 0.25) is 0 Å². The summed E-state index contributed by atoms with van der Waals surface area (Å²) >= 11 is 0. The third kappa shape index (κ3) is 3.35. The Balaban J connectivity index is 4.84. The van der Waals surface area contributed by atoms with Crippen molar-refractivity contribution < 1.29 is 25.8 Å². The van der Waals surface area contributed by atoms with Gasteiger partial charge in [0.05, 0.1) is 0 Å². The summed E-state index contributed by atoms with van der Waals surface area (Å²) in [5.41, 5.74) is -6.96. The molecule has 0 aliphatic heterocycles. The van der Waals surface area contributed by atoms with Gasteiger partial charge in [0.15, 0.2) is 0 Å². The Morgan fingerprint density at radius 3 is 1.92 bits per heavy atom. The zero-order valence-electron chi connectivity index (χ0n) is 7.05. The average molecular weight is 218 g/mol. The molecule has 0 fully saturated rings. The molecule has 0 saturated heterocycles. The van der Waals surface area contributed by atoms with Crippen LogP contribution in [0.5, 0.6) is 0 Å². The lowest BCUT2D eigenvalue weighted by molar-refractivity contribution is -0.0595. The van der Waals surface area contributed by atoms with Crippen LogP contribution in [0.3, 0.4) is 0 Å². The number of alkyl halides is 3. The van der Waals surface area contributed by atoms with Gasteiger partial charge in [0.25, 0.3) is 0 Å². The third-order valence-corrected chi connectivity index (χ3v) is 2.32. The Bertz CT molecular complexity index is 289. The van der Waals surface area contributed by atoms with Crippen molar-refractivity contribution >= 4 is 10.1 Å². The lowest BCUT2D eigenvalue weighted by Crippen LogP contribution is -2.33. The maximum atomic E-state index is 11.8. The summed E-state index contributed by atoms with van der Waals surface area (Å²) in [5, 5.41) is 0. The van der Waals surface area contributed by atoms with Crippen LogP contribution in [0.1, 0.15) is 13.8 Å². The van der Waals surface area contributed by atoms with Crippen molar-refractivity contribution in [2.45, 2.75) is 25.0 Å². The number of hydrogen-bond donors (Lipinski definition) is 0. The van der Waals surface area contributed by atoms with Crippen LogP contribution in [0.25, 0.3) is 0 Å². The van der Waals surface area contributed by atoms with E-state index in [4.69, 9.17) is 0 Å². The van der Waals surface area contributed by atoms with Gasteiger partial charge in [0.1, 0.15) is 5.60 Å². The topological polar surface area (TPSA) is 43.4 Å². The molecule has 0 aromatic heterocycles. The summed E-state index contributed by atoms with van der Waals surface area (Å²) in [6.45, 7) is 5.45. The molecule has 0 atom stereocenters. The van der Waals surface area contributed by atoms with Crippen LogP contribution in [0.4, 0.5) is 13.2 Å². The molecule has 0 amide bonds.